The number of rotatable bonds is 8. The minimum absolute atomic E-state index is 0.0734. The van der Waals surface area contributed by atoms with Gasteiger partial charge in [-0.1, -0.05) is 32.6 Å². The Morgan fingerprint density at radius 3 is 2.61 bits per heavy atom. The molecule has 0 aromatic heterocycles. The zero-order chi connectivity index (χ0) is 16.5. The zero-order valence-electron chi connectivity index (χ0n) is 15.2. The van der Waals surface area contributed by atoms with E-state index in [2.05, 4.69) is 17.1 Å². The fraction of sp³-hybridized carbons (Fsp3) is 0.947. The minimum atomic E-state index is -0.0734. The van der Waals surface area contributed by atoms with Crippen molar-refractivity contribution in [3.63, 3.8) is 0 Å². The van der Waals surface area contributed by atoms with E-state index in [9.17, 15) is 4.79 Å². The number of nitrogens with one attached hydrogen (secondary N) is 1. The molecule has 0 radical (unpaired) electrons. The minimum Gasteiger partial charge on any atom is -0.465 e. The van der Waals surface area contributed by atoms with Crippen LogP contribution in [0.25, 0.3) is 0 Å². The fourth-order valence-corrected chi connectivity index (χ4v) is 4.31. The number of esters is 1. The normalized spacial score (nSPS) is 27.0. The molecule has 4 heteroatoms. The molecule has 2 aliphatic rings. The highest BCUT2D eigenvalue weighted by atomic mass is 16.5. The fourth-order valence-electron chi connectivity index (χ4n) is 4.31. The van der Waals surface area contributed by atoms with Gasteiger partial charge in [0, 0.05) is 19.1 Å². The Balaban J connectivity index is 1.80. The lowest BCUT2D eigenvalue weighted by atomic mass is 9.87. The van der Waals surface area contributed by atoms with Crippen LogP contribution in [0.5, 0.6) is 0 Å². The van der Waals surface area contributed by atoms with Crippen LogP contribution in [0.2, 0.25) is 0 Å². The van der Waals surface area contributed by atoms with Crippen molar-refractivity contribution in [1.82, 2.24) is 10.2 Å². The topological polar surface area (TPSA) is 41.6 Å². The first kappa shape index (κ1) is 18.7. The SMILES string of the molecule is CCCC1CC(NCC2CCCCC2)CN(CC(=O)OCC)C1. The van der Waals surface area contributed by atoms with Crippen LogP contribution in [0.3, 0.4) is 0 Å². The first-order valence-electron chi connectivity index (χ1n) is 9.82. The van der Waals surface area contributed by atoms with Crippen molar-refractivity contribution in [2.24, 2.45) is 11.8 Å². The molecular weight excluding hydrogens is 288 g/mol. The molecule has 2 atom stereocenters. The second-order valence-electron chi connectivity index (χ2n) is 7.50. The zero-order valence-corrected chi connectivity index (χ0v) is 15.2. The van der Waals surface area contributed by atoms with Crippen molar-refractivity contribution in [3.8, 4) is 0 Å². The van der Waals surface area contributed by atoms with E-state index in [1.807, 2.05) is 6.92 Å². The van der Waals surface area contributed by atoms with Crippen LogP contribution >= 0.6 is 0 Å². The molecule has 0 aromatic carbocycles. The standard InChI is InChI=1S/C19H36N2O2/c1-3-8-17-11-18(20-12-16-9-6-5-7-10-16)14-21(13-17)15-19(22)23-4-2/h16-18,20H,3-15H2,1-2H3. The van der Waals surface area contributed by atoms with Crippen LogP contribution in [0.4, 0.5) is 0 Å². The molecule has 4 nitrogen and oxygen atoms in total. The molecule has 1 N–H and O–H groups in total. The van der Waals surface area contributed by atoms with Crippen molar-refractivity contribution in [3.05, 3.63) is 0 Å². The second-order valence-corrected chi connectivity index (χ2v) is 7.50. The van der Waals surface area contributed by atoms with Crippen LogP contribution in [0.1, 0.15) is 65.2 Å². The van der Waals surface area contributed by atoms with Gasteiger partial charge in [-0.3, -0.25) is 9.69 Å². The number of carbonyl (C=O) groups excluding carboxylic acids is 1. The number of piperidine rings is 1. The summed E-state index contributed by atoms with van der Waals surface area (Å²) in [5.41, 5.74) is 0. The van der Waals surface area contributed by atoms with Crippen molar-refractivity contribution in [2.75, 3.05) is 32.8 Å². The van der Waals surface area contributed by atoms with E-state index >= 15 is 0 Å². The predicted octanol–water partition coefficient (Wildman–Crippen LogP) is 3.21. The summed E-state index contributed by atoms with van der Waals surface area (Å²) >= 11 is 0. The molecule has 1 heterocycles. The van der Waals surface area contributed by atoms with E-state index in [0.29, 0.717) is 25.1 Å². The van der Waals surface area contributed by atoms with E-state index in [1.54, 1.807) is 0 Å². The second kappa shape index (κ2) is 10.3. The first-order chi connectivity index (χ1) is 11.2. The summed E-state index contributed by atoms with van der Waals surface area (Å²) in [6, 6.07) is 0.539. The average Bonchev–Trinajstić information content (AvgIpc) is 2.54. The first-order valence-corrected chi connectivity index (χ1v) is 9.82. The lowest BCUT2D eigenvalue weighted by molar-refractivity contribution is -0.145. The molecule has 2 rings (SSSR count). The maximum absolute atomic E-state index is 11.8. The quantitative estimate of drug-likeness (QED) is 0.696. The van der Waals surface area contributed by atoms with Crippen molar-refractivity contribution in [2.45, 2.75) is 71.3 Å². The summed E-state index contributed by atoms with van der Waals surface area (Å²) < 4.78 is 5.13. The van der Waals surface area contributed by atoms with Gasteiger partial charge < -0.3 is 10.1 Å². The van der Waals surface area contributed by atoms with Crippen molar-refractivity contribution >= 4 is 5.97 Å². The third kappa shape index (κ3) is 6.80. The van der Waals surface area contributed by atoms with Gasteiger partial charge in [-0.2, -0.15) is 0 Å². The van der Waals surface area contributed by atoms with Gasteiger partial charge in [-0.05, 0) is 51.0 Å². The Hall–Kier alpha value is -0.610. The van der Waals surface area contributed by atoms with Gasteiger partial charge in [0.25, 0.3) is 0 Å². The third-order valence-electron chi connectivity index (χ3n) is 5.39. The smallest absolute Gasteiger partial charge is 0.320 e. The average molecular weight is 325 g/mol. The van der Waals surface area contributed by atoms with Gasteiger partial charge in [-0.15, -0.1) is 0 Å². The number of hydrogen-bond acceptors (Lipinski definition) is 4. The molecule has 134 valence electrons. The molecule has 1 saturated carbocycles. The summed E-state index contributed by atoms with van der Waals surface area (Å²) in [5, 5.41) is 3.82. The molecule has 1 saturated heterocycles. The summed E-state index contributed by atoms with van der Waals surface area (Å²) in [6.07, 6.45) is 10.8. The number of likely N-dealkylation sites (tertiary alicyclic amines) is 1. The Kier molecular flexibility index (Phi) is 8.38. The Morgan fingerprint density at radius 1 is 1.13 bits per heavy atom. The predicted molar refractivity (Wildman–Crippen MR) is 94.5 cm³/mol. The monoisotopic (exact) mass is 324 g/mol. The molecule has 0 spiro atoms. The van der Waals surface area contributed by atoms with Crippen LogP contribution < -0.4 is 5.32 Å². The lowest BCUT2D eigenvalue weighted by Crippen LogP contribution is -2.51. The summed E-state index contributed by atoms with van der Waals surface area (Å²) in [5.74, 6) is 1.51. The molecule has 2 fully saturated rings. The summed E-state index contributed by atoms with van der Waals surface area (Å²) in [7, 11) is 0. The van der Waals surface area contributed by atoms with Crippen LogP contribution in [-0.2, 0) is 9.53 Å². The molecule has 1 aliphatic carbocycles. The van der Waals surface area contributed by atoms with Gasteiger partial charge in [0.1, 0.15) is 0 Å². The van der Waals surface area contributed by atoms with Gasteiger partial charge in [0.15, 0.2) is 0 Å². The van der Waals surface area contributed by atoms with Crippen LogP contribution in [-0.4, -0.2) is 49.7 Å². The van der Waals surface area contributed by atoms with E-state index in [0.717, 1.165) is 25.6 Å². The van der Waals surface area contributed by atoms with Crippen LogP contribution in [0, 0.1) is 11.8 Å². The van der Waals surface area contributed by atoms with Crippen LogP contribution in [0.15, 0.2) is 0 Å². The molecule has 0 bridgehead atoms. The highest BCUT2D eigenvalue weighted by Crippen LogP contribution is 2.25. The van der Waals surface area contributed by atoms with E-state index in [4.69, 9.17) is 4.74 Å². The number of ether oxygens (including phenoxy) is 1. The van der Waals surface area contributed by atoms with E-state index in [-0.39, 0.29) is 5.97 Å². The Morgan fingerprint density at radius 2 is 1.91 bits per heavy atom. The summed E-state index contributed by atoms with van der Waals surface area (Å²) in [6.45, 7) is 8.28. The highest BCUT2D eigenvalue weighted by molar-refractivity contribution is 5.71. The Labute approximate surface area is 142 Å². The third-order valence-corrected chi connectivity index (χ3v) is 5.39. The van der Waals surface area contributed by atoms with Gasteiger partial charge in [0.05, 0.1) is 13.2 Å². The van der Waals surface area contributed by atoms with Gasteiger partial charge >= 0.3 is 5.97 Å². The number of hydrogen-bond donors (Lipinski definition) is 1. The molecule has 2 unspecified atom stereocenters. The number of carbonyl (C=O) groups is 1. The lowest BCUT2D eigenvalue weighted by Gasteiger charge is -2.38. The maximum atomic E-state index is 11.8. The molecule has 0 amide bonds. The molecule has 0 aromatic rings. The summed E-state index contributed by atoms with van der Waals surface area (Å²) in [4.78, 5) is 14.1. The molecule has 23 heavy (non-hydrogen) atoms. The van der Waals surface area contributed by atoms with Gasteiger partial charge in [-0.25, -0.2) is 0 Å². The molecule has 1 aliphatic heterocycles. The highest BCUT2D eigenvalue weighted by Gasteiger charge is 2.28. The van der Waals surface area contributed by atoms with E-state index < -0.39 is 0 Å². The van der Waals surface area contributed by atoms with E-state index in [1.165, 1.54) is 51.4 Å². The van der Waals surface area contributed by atoms with Crippen molar-refractivity contribution in [1.29, 1.82) is 0 Å². The molecular formula is C19H36N2O2. The van der Waals surface area contributed by atoms with Crippen molar-refractivity contribution < 1.29 is 9.53 Å². The largest absolute Gasteiger partial charge is 0.465 e. The Bertz CT molecular complexity index is 342. The van der Waals surface area contributed by atoms with Gasteiger partial charge in [0.2, 0.25) is 0 Å². The number of nitrogens with zero attached hydrogens (tertiary/aromatic N) is 1. The maximum Gasteiger partial charge on any atom is 0.320 e.